The number of amides is 1. The number of carbonyl (C=O) groups is 1. The summed E-state index contributed by atoms with van der Waals surface area (Å²) in [6.07, 6.45) is 6.30. The number of benzene rings is 1. The lowest BCUT2D eigenvalue weighted by Gasteiger charge is -2.09. The van der Waals surface area contributed by atoms with Crippen molar-refractivity contribution in [3.05, 3.63) is 47.7 Å². The van der Waals surface area contributed by atoms with Gasteiger partial charge in [0.15, 0.2) is 5.82 Å². The lowest BCUT2D eigenvalue weighted by molar-refractivity contribution is 0.0950. The van der Waals surface area contributed by atoms with Crippen LogP contribution in [0.5, 0.6) is 0 Å². The molecular formula is C18H18N4O2. The van der Waals surface area contributed by atoms with Gasteiger partial charge in [-0.15, -0.1) is 10.2 Å². The fourth-order valence-electron chi connectivity index (χ4n) is 3.22. The highest BCUT2D eigenvalue weighted by Crippen LogP contribution is 2.44. The van der Waals surface area contributed by atoms with E-state index in [1.807, 2.05) is 24.3 Å². The first-order chi connectivity index (χ1) is 11.8. The summed E-state index contributed by atoms with van der Waals surface area (Å²) in [5.41, 5.74) is 1.28. The third-order valence-electron chi connectivity index (χ3n) is 4.78. The summed E-state index contributed by atoms with van der Waals surface area (Å²) in [5, 5.41) is 12.5. The second-order valence-electron chi connectivity index (χ2n) is 6.68. The Morgan fingerprint density at radius 1 is 1.21 bits per heavy atom. The predicted molar refractivity (Wildman–Crippen MR) is 87.7 cm³/mol. The van der Waals surface area contributed by atoms with Gasteiger partial charge in [0.05, 0.1) is 12.1 Å². The largest absolute Gasteiger partial charge is 0.463 e. The number of nitrogens with zero attached hydrogens (tertiary/aromatic N) is 3. The molecule has 1 aromatic carbocycles. The van der Waals surface area contributed by atoms with Gasteiger partial charge in [-0.05, 0) is 31.7 Å². The zero-order chi connectivity index (χ0) is 16.1. The van der Waals surface area contributed by atoms with Crippen molar-refractivity contribution in [1.82, 2.24) is 20.1 Å². The third-order valence-corrected chi connectivity index (χ3v) is 4.78. The standard InChI is InChI=1S/C18H18N4O2/c23-18(14-10-24-15-4-2-1-3-13(14)15)19-9-16-20-21-17(11-5-6-11)22(16)12-7-8-12/h1-4,10-12H,5-9H2,(H,19,23). The van der Waals surface area contributed by atoms with Crippen LogP contribution in [0, 0.1) is 0 Å². The number of hydrogen-bond acceptors (Lipinski definition) is 4. The maximum absolute atomic E-state index is 12.5. The van der Waals surface area contributed by atoms with Gasteiger partial charge in [0, 0.05) is 17.3 Å². The Labute approximate surface area is 138 Å². The van der Waals surface area contributed by atoms with Crippen LogP contribution < -0.4 is 5.32 Å². The van der Waals surface area contributed by atoms with Gasteiger partial charge in [0.2, 0.25) is 0 Å². The minimum absolute atomic E-state index is 0.140. The highest BCUT2D eigenvalue weighted by Gasteiger charge is 2.36. The summed E-state index contributed by atoms with van der Waals surface area (Å²) in [6, 6.07) is 8.08. The van der Waals surface area contributed by atoms with E-state index < -0.39 is 0 Å². The number of hydrogen-bond donors (Lipinski definition) is 1. The molecule has 3 aromatic rings. The first-order valence-electron chi connectivity index (χ1n) is 8.49. The number of furan rings is 1. The van der Waals surface area contributed by atoms with E-state index in [-0.39, 0.29) is 5.91 Å². The molecular weight excluding hydrogens is 304 g/mol. The summed E-state index contributed by atoms with van der Waals surface area (Å²) in [4.78, 5) is 12.5. The average molecular weight is 322 g/mol. The molecule has 1 amide bonds. The highest BCUT2D eigenvalue weighted by molar-refractivity contribution is 6.05. The van der Waals surface area contributed by atoms with Crippen molar-refractivity contribution in [3.8, 4) is 0 Å². The van der Waals surface area contributed by atoms with Crippen LogP contribution in [0.1, 0.15) is 59.6 Å². The Morgan fingerprint density at radius 2 is 2.04 bits per heavy atom. The highest BCUT2D eigenvalue weighted by atomic mass is 16.3. The average Bonchev–Trinajstić information content (AvgIpc) is 3.54. The minimum Gasteiger partial charge on any atom is -0.463 e. The Bertz CT molecular complexity index is 918. The molecule has 0 unspecified atom stereocenters. The second kappa shape index (κ2) is 5.19. The van der Waals surface area contributed by atoms with Gasteiger partial charge in [-0.3, -0.25) is 4.79 Å². The van der Waals surface area contributed by atoms with Crippen LogP contribution in [0.15, 0.2) is 34.9 Å². The molecule has 2 aliphatic rings. The lowest BCUT2D eigenvalue weighted by Crippen LogP contribution is -2.24. The smallest absolute Gasteiger partial charge is 0.255 e. The van der Waals surface area contributed by atoms with E-state index in [1.54, 1.807) is 0 Å². The molecule has 2 saturated carbocycles. The van der Waals surface area contributed by atoms with E-state index in [1.165, 1.54) is 31.9 Å². The quantitative estimate of drug-likeness (QED) is 0.783. The number of fused-ring (bicyclic) bond motifs is 1. The molecule has 122 valence electrons. The van der Waals surface area contributed by atoms with Crippen LogP contribution in [-0.4, -0.2) is 20.7 Å². The molecule has 2 fully saturated rings. The molecule has 24 heavy (non-hydrogen) atoms. The van der Waals surface area contributed by atoms with Crippen LogP contribution in [0.4, 0.5) is 0 Å². The van der Waals surface area contributed by atoms with Crippen molar-refractivity contribution in [3.63, 3.8) is 0 Å². The van der Waals surface area contributed by atoms with Crippen molar-refractivity contribution >= 4 is 16.9 Å². The van der Waals surface area contributed by atoms with Crippen LogP contribution in [0.2, 0.25) is 0 Å². The Hall–Kier alpha value is -2.63. The van der Waals surface area contributed by atoms with E-state index in [0.29, 0.717) is 24.1 Å². The van der Waals surface area contributed by atoms with Gasteiger partial charge in [0.25, 0.3) is 5.91 Å². The van der Waals surface area contributed by atoms with Crippen LogP contribution >= 0.6 is 0 Å². The molecule has 6 heteroatoms. The molecule has 0 aliphatic heterocycles. The molecule has 2 aliphatic carbocycles. The number of carbonyl (C=O) groups excluding carboxylic acids is 1. The van der Waals surface area contributed by atoms with Crippen molar-refractivity contribution in [2.45, 2.75) is 44.2 Å². The molecule has 2 aromatic heterocycles. The number of aromatic nitrogens is 3. The van der Waals surface area contributed by atoms with Gasteiger partial charge in [0.1, 0.15) is 17.7 Å². The topological polar surface area (TPSA) is 73.0 Å². The SMILES string of the molecule is O=C(NCc1nnc(C2CC2)n1C1CC1)c1coc2ccccc12. The van der Waals surface area contributed by atoms with Crippen molar-refractivity contribution < 1.29 is 9.21 Å². The fraction of sp³-hybridized carbons (Fsp3) is 0.389. The van der Waals surface area contributed by atoms with Crippen LogP contribution in [0.25, 0.3) is 11.0 Å². The van der Waals surface area contributed by atoms with E-state index >= 15 is 0 Å². The maximum atomic E-state index is 12.5. The number of nitrogens with one attached hydrogen (secondary N) is 1. The Balaban J connectivity index is 1.37. The van der Waals surface area contributed by atoms with Crippen molar-refractivity contribution in [2.75, 3.05) is 0 Å². The predicted octanol–water partition coefficient (Wildman–Crippen LogP) is 3.17. The van der Waals surface area contributed by atoms with Gasteiger partial charge in [-0.1, -0.05) is 18.2 Å². The molecule has 1 N–H and O–H groups in total. The molecule has 0 bridgehead atoms. The third kappa shape index (κ3) is 2.29. The molecule has 0 radical (unpaired) electrons. The fourth-order valence-corrected chi connectivity index (χ4v) is 3.22. The van der Waals surface area contributed by atoms with E-state index in [0.717, 1.165) is 22.6 Å². The van der Waals surface area contributed by atoms with Gasteiger partial charge < -0.3 is 14.3 Å². The van der Waals surface area contributed by atoms with E-state index in [4.69, 9.17) is 4.42 Å². The zero-order valence-electron chi connectivity index (χ0n) is 13.2. The Morgan fingerprint density at radius 3 is 2.83 bits per heavy atom. The van der Waals surface area contributed by atoms with E-state index in [2.05, 4.69) is 20.1 Å². The molecule has 0 atom stereocenters. The van der Waals surface area contributed by atoms with Crippen LogP contribution in [0.3, 0.4) is 0 Å². The summed E-state index contributed by atoms with van der Waals surface area (Å²) in [7, 11) is 0. The molecule has 6 nitrogen and oxygen atoms in total. The van der Waals surface area contributed by atoms with E-state index in [9.17, 15) is 4.79 Å². The van der Waals surface area contributed by atoms with Crippen molar-refractivity contribution in [2.24, 2.45) is 0 Å². The molecule has 5 rings (SSSR count). The van der Waals surface area contributed by atoms with Gasteiger partial charge in [-0.25, -0.2) is 0 Å². The number of rotatable bonds is 5. The number of para-hydroxylation sites is 1. The maximum Gasteiger partial charge on any atom is 0.255 e. The first kappa shape index (κ1) is 13.8. The Kier molecular flexibility index (Phi) is 2.98. The molecule has 2 heterocycles. The lowest BCUT2D eigenvalue weighted by atomic mass is 10.1. The zero-order valence-corrected chi connectivity index (χ0v) is 13.2. The monoisotopic (exact) mass is 322 g/mol. The molecule has 0 spiro atoms. The second-order valence-corrected chi connectivity index (χ2v) is 6.68. The summed E-state index contributed by atoms with van der Waals surface area (Å²) < 4.78 is 7.70. The molecule has 0 saturated heterocycles. The minimum atomic E-state index is -0.140. The normalized spacial score (nSPS) is 17.3. The first-order valence-corrected chi connectivity index (χ1v) is 8.49. The summed E-state index contributed by atoms with van der Waals surface area (Å²) in [5.74, 6) is 2.40. The van der Waals surface area contributed by atoms with Gasteiger partial charge in [-0.2, -0.15) is 0 Å². The van der Waals surface area contributed by atoms with Crippen LogP contribution in [-0.2, 0) is 6.54 Å². The summed E-state index contributed by atoms with van der Waals surface area (Å²) >= 11 is 0. The summed E-state index contributed by atoms with van der Waals surface area (Å²) in [6.45, 7) is 0.397. The van der Waals surface area contributed by atoms with Gasteiger partial charge >= 0.3 is 0 Å². The van der Waals surface area contributed by atoms with Crippen molar-refractivity contribution in [1.29, 1.82) is 0 Å².